The summed E-state index contributed by atoms with van der Waals surface area (Å²) in [5, 5.41) is 9.60. The molecule has 7 nitrogen and oxygen atoms in total. The lowest BCUT2D eigenvalue weighted by molar-refractivity contribution is -0.131. The topological polar surface area (TPSA) is 94.2 Å². The van der Waals surface area contributed by atoms with Crippen LogP contribution < -0.4 is 4.74 Å². The zero-order chi connectivity index (χ0) is 23.7. The van der Waals surface area contributed by atoms with Crippen LogP contribution in [-0.4, -0.2) is 28.1 Å². The summed E-state index contributed by atoms with van der Waals surface area (Å²) >= 11 is 8.23. The molecule has 1 unspecified atom stereocenters. The van der Waals surface area contributed by atoms with Crippen LogP contribution in [0.2, 0.25) is 0 Å². The van der Waals surface area contributed by atoms with Gasteiger partial charge in [0.2, 0.25) is 0 Å². The predicted octanol–water partition coefficient (Wildman–Crippen LogP) is 4.95. The SMILES string of the molecule is CCOC(=O)c1c(C(S)c2nc(C)cc(C)c2C#N)n(C)c2cc(Br)c(OC(C)=O)cc12. The third kappa shape index (κ3) is 4.25. The number of carbonyl (C=O) groups excluding carboxylic acids is 2. The molecule has 0 N–H and O–H groups in total. The van der Waals surface area contributed by atoms with E-state index in [0.717, 1.165) is 11.3 Å². The molecule has 1 atom stereocenters. The Morgan fingerprint density at radius 1 is 1.31 bits per heavy atom. The highest BCUT2D eigenvalue weighted by Crippen LogP contribution is 2.41. The van der Waals surface area contributed by atoms with Crippen molar-refractivity contribution in [2.45, 2.75) is 32.9 Å². The minimum absolute atomic E-state index is 0.185. The van der Waals surface area contributed by atoms with Gasteiger partial charge in [0.1, 0.15) is 11.8 Å². The lowest BCUT2D eigenvalue weighted by Gasteiger charge is -2.17. The number of ether oxygens (including phenoxy) is 2. The average Bonchev–Trinajstić information content (AvgIpc) is 2.98. The molecule has 0 aliphatic carbocycles. The number of nitrogens with zero attached hydrogens (tertiary/aromatic N) is 3. The van der Waals surface area contributed by atoms with Crippen LogP contribution in [0.3, 0.4) is 0 Å². The molecule has 0 saturated carbocycles. The van der Waals surface area contributed by atoms with E-state index in [0.29, 0.717) is 32.3 Å². The van der Waals surface area contributed by atoms with Gasteiger partial charge in [0, 0.05) is 25.1 Å². The summed E-state index contributed by atoms with van der Waals surface area (Å²) in [5.74, 6) is -0.735. The van der Waals surface area contributed by atoms with E-state index in [4.69, 9.17) is 22.1 Å². The van der Waals surface area contributed by atoms with Gasteiger partial charge in [0.25, 0.3) is 0 Å². The molecule has 0 radical (unpaired) electrons. The lowest BCUT2D eigenvalue weighted by atomic mass is 10.0. The number of benzene rings is 1. The quantitative estimate of drug-likeness (QED) is 0.293. The predicted molar refractivity (Wildman–Crippen MR) is 127 cm³/mol. The molecule has 0 amide bonds. The van der Waals surface area contributed by atoms with Crippen molar-refractivity contribution < 1.29 is 19.1 Å². The summed E-state index contributed by atoms with van der Waals surface area (Å²) in [4.78, 5) is 29.2. The molecular weight excluding hydrogens is 494 g/mol. The Kier molecular flexibility index (Phi) is 6.96. The van der Waals surface area contributed by atoms with Gasteiger partial charge in [-0.2, -0.15) is 17.9 Å². The minimum atomic E-state index is -0.684. The van der Waals surface area contributed by atoms with Crippen LogP contribution in [0.15, 0.2) is 22.7 Å². The fraction of sp³-hybridized carbons (Fsp3) is 0.304. The Labute approximate surface area is 199 Å². The maximum atomic E-state index is 13.1. The van der Waals surface area contributed by atoms with E-state index in [1.54, 1.807) is 26.1 Å². The first kappa shape index (κ1) is 23.8. The van der Waals surface area contributed by atoms with Crippen molar-refractivity contribution in [1.82, 2.24) is 9.55 Å². The molecule has 0 aliphatic heterocycles. The van der Waals surface area contributed by atoms with E-state index in [2.05, 4.69) is 27.0 Å². The molecule has 166 valence electrons. The van der Waals surface area contributed by atoms with Crippen LogP contribution in [0.25, 0.3) is 10.9 Å². The van der Waals surface area contributed by atoms with Gasteiger partial charge in [0.05, 0.1) is 44.4 Å². The fourth-order valence-corrected chi connectivity index (χ4v) is 4.67. The Balaban J connectivity index is 2.37. The number of halogens is 1. The smallest absolute Gasteiger partial charge is 0.340 e. The number of thiol groups is 1. The summed E-state index contributed by atoms with van der Waals surface area (Å²) in [6.45, 7) is 6.89. The third-order valence-electron chi connectivity index (χ3n) is 5.03. The summed E-state index contributed by atoms with van der Waals surface area (Å²) < 4.78 is 13.0. The summed E-state index contributed by atoms with van der Waals surface area (Å²) in [6, 6.07) is 7.43. The average molecular weight is 516 g/mol. The van der Waals surface area contributed by atoms with Crippen molar-refractivity contribution in [1.29, 1.82) is 5.26 Å². The Bertz CT molecular complexity index is 1290. The largest absolute Gasteiger partial charge is 0.462 e. The molecule has 0 fully saturated rings. The van der Waals surface area contributed by atoms with Gasteiger partial charge >= 0.3 is 11.9 Å². The molecule has 3 aromatic rings. The molecule has 3 rings (SSSR count). The van der Waals surface area contributed by atoms with Crippen LogP contribution in [-0.2, 0) is 16.6 Å². The van der Waals surface area contributed by atoms with Crippen LogP contribution in [0, 0.1) is 25.2 Å². The molecule has 9 heteroatoms. The van der Waals surface area contributed by atoms with Gasteiger partial charge in [-0.25, -0.2) is 4.79 Å². The zero-order valence-electron chi connectivity index (χ0n) is 18.3. The number of aryl methyl sites for hydroxylation is 3. The second-order valence-electron chi connectivity index (χ2n) is 7.29. The van der Waals surface area contributed by atoms with Crippen molar-refractivity contribution in [2.24, 2.45) is 7.05 Å². The lowest BCUT2D eigenvalue weighted by Crippen LogP contribution is -2.13. The van der Waals surface area contributed by atoms with E-state index >= 15 is 0 Å². The van der Waals surface area contributed by atoms with Gasteiger partial charge in [-0.05, 0) is 60.5 Å². The van der Waals surface area contributed by atoms with Crippen molar-refractivity contribution in [3.05, 3.63) is 56.4 Å². The fourth-order valence-electron chi connectivity index (χ4n) is 3.77. The van der Waals surface area contributed by atoms with Crippen LogP contribution >= 0.6 is 28.6 Å². The van der Waals surface area contributed by atoms with Crippen molar-refractivity contribution >= 4 is 51.4 Å². The number of hydrogen-bond acceptors (Lipinski definition) is 7. The molecule has 0 saturated heterocycles. The molecule has 1 aromatic carbocycles. The normalized spacial score (nSPS) is 11.8. The van der Waals surface area contributed by atoms with E-state index < -0.39 is 17.2 Å². The number of hydrogen-bond donors (Lipinski definition) is 1. The highest BCUT2D eigenvalue weighted by Gasteiger charge is 2.30. The maximum Gasteiger partial charge on any atom is 0.340 e. The molecule has 2 heterocycles. The molecule has 0 spiro atoms. The molecule has 2 aromatic heterocycles. The van der Waals surface area contributed by atoms with E-state index in [-0.39, 0.29) is 17.9 Å². The minimum Gasteiger partial charge on any atom is -0.462 e. The molecule has 0 aliphatic rings. The second kappa shape index (κ2) is 9.35. The summed E-state index contributed by atoms with van der Waals surface area (Å²) in [6.07, 6.45) is 0. The summed E-state index contributed by atoms with van der Waals surface area (Å²) in [7, 11) is 1.80. The monoisotopic (exact) mass is 515 g/mol. The number of carbonyl (C=O) groups is 2. The Morgan fingerprint density at radius 3 is 2.59 bits per heavy atom. The van der Waals surface area contributed by atoms with E-state index in [9.17, 15) is 14.9 Å². The standard InChI is InChI=1S/C23H22BrN3O4S/c1-6-30-23(29)19-14-8-18(31-13(4)28)16(24)9-17(14)27(5)21(19)22(32)20-15(10-25)11(2)7-12(3)26-20/h7-9,22,32H,6H2,1-5H3. The van der Waals surface area contributed by atoms with Gasteiger partial charge in [-0.15, -0.1) is 0 Å². The highest BCUT2D eigenvalue weighted by molar-refractivity contribution is 9.10. The van der Waals surface area contributed by atoms with Gasteiger partial charge in [-0.3, -0.25) is 9.78 Å². The first-order valence-corrected chi connectivity index (χ1v) is 11.1. The molecular formula is C23H22BrN3O4S. The van der Waals surface area contributed by atoms with E-state index in [1.807, 2.05) is 24.5 Å². The van der Waals surface area contributed by atoms with Crippen LogP contribution in [0.5, 0.6) is 5.75 Å². The number of fused-ring (bicyclic) bond motifs is 1. The zero-order valence-corrected chi connectivity index (χ0v) is 20.8. The van der Waals surface area contributed by atoms with Crippen LogP contribution in [0.4, 0.5) is 0 Å². The second-order valence-corrected chi connectivity index (χ2v) is 8.66. The highest BCUT2D eigenvalue weighted by atomic mass is 79.9. The number of pyridine rings is 1. The van der Waals surface area contributed by atoms with Crippen molar-refractivity contribution in [3.8, 4) is 11.8 Å². The van der Waals surface area contributed by atoms with Gasteiger partial charge in [0.15, 0.2) is 0 Å². The van der Waals surface area contributed by atoms with Crippen molar-refractivity contribution in [3.63, 3.8) is 0 Å². The maximum absolute atomic E-state index is 13.1. The molecule has 32 heavy (non-hydrogen) atoms. The first-order valence-electron chi connectivity index (χ1n) is 9.84. The number of aromatic nitrogens is 2. The number of esters is 2. The number of nitriles is 1. The van der Waals surface area contributed by atoms with E-state index in [1.165, 1.54) is 6.92 Å². The van der Waals surface area contributed by atoms with Crippen molar-refractivity contribution in [2.75, 3.05) is 6.61 Å². The first-order chi connectivity index (χ1) is 15.1. The Hall–Kier alpha value is -2.83. The Morgan fingerprint density at radius 2 is 2.00 bits per heavy atom. The summed E-state index contributed by atoms with van der Waals surface area (Å²) in [5.41, 5.74) is 3.92. The number of rotatable bonds is 5. The molecule has 0 bridgehead atoms. The van der Waals surface area contributed by atoms with Crippen LogP contribution in [0.1, 0.15) is 57.7 Å². The van der Waals surface area contributed by atoms with Gasteiger partial charge < -0.3 is 14.0 Å². The van der Waals surface area contributed by atoms with Gasteiger partial charge in [-0.1, -0.05) is 0 Å². The third-order valence-corrected chi connectivity index (χ3v) is 6.14.